The van der Waals surface area contributed by atoms with Gasteiger partial charge >= 0.3 is 15.2 Å². The van der Waals surface area contributed by atoms with Crippen molar-refractivity contribution in [3.63, 3.8) is 0 Å². The second kappa shape index (κ2) is 11.4. The topological polar surface area (TPSA) is 91.3 Å². The maximum Gasteiger partial charge on any atom is 0.335 e. The average molecular weight is 408 g/mol. The zero-order chi connectivity index (χ0) is 19.6. The van der Waals surface area contributed by atoms with Gasteiger partial charge in [-0.25, -0.2) is 0 Å². The molecule has 0 aliphatic heterocycles. The Labute approximate surface area is 156 Å². The molecule has 0 aliphatic carbocycles. The largest absolute Gasteiger partial charge is 0.392 e. The van der Waals surface area contributed by atoms with Gasteiger partial charge in [-0.15, -0.1) is 0 Å². The van der Waals surface area contributed by atoms with Crippen LogP contribution in [0, 0.1) is 0 Å². The molecule has 0 saturated carbocycles. The van der Waals surface area contributed by atoms with Crippen LogP contribution in [-0.2, 0) is 46.2 Å². The van der Waals surface area contributed by atoms with Crippen LogP contribution < -0.4 is 0 Å². The molecule has 0 bridgehead atoms. The van der Waals surface area contributed by atoms with Gasteiger partial charge < -0.3 is 23.2 Å². The summed E-state index contributed by atoms with van der Waals surface area (Å²) >= 11 is 0. The number of hydrogen-bond acceptors (Lipinski definition) is 7. The summed E-state index contributed by atoms with van der Waals surface area (Å²) < 4.78 is 46.9. The fourth-order valence-corrected chi connectivity index (χ4v) is 5.95. The second-order valence-corrected chi connectivity index (χ2v) is 9.63. The Morgan fingerprint density at radius 2 is 1.00 bits per heavy atom. The lowest BCUT2D eigenvalue weighted by Crippen LogP contribution is -2.03. The molecule has 0 radical (unpaired) electrons. The molecule has 0 heterocycles. The van der Waals surface area contributed by atoms with Gasteiger partial charge in [0.25, 0.3) is 0 Å². The van der Waals surface area contributed by atoms with Crippen LogP contribution in [0.1, 0.15) is 44.4 Å². The summed E-state index contributed by atoms with van der Waals surface area (Å²) in [6, 6.07) is 5.25. The van der Waals surface area contributed by atoms with E-state index in [0.717, 1.165) is 0 Å². The molecular weight excluding hydrogens is 378 g/mol. The van der Waals surface area contributed by atoms with Crippen LogP contribution in [0.4, 0.5) is 0 Å². The van der Waals surface area contributed by atoms with Crippen LogP contribution >= 0.6 is 15.2 Å². The Kier molecular flexibility index (Phi) is 10.3. The van der Waals surface area contributed by atoms with E-state index in [0.29, 0.717) is 16.7 Å². The Morgan fingerprint density at radius 3 is 1.27 bits per heavy atom. The first-order valence-electron chi connectivity index (χ1n) is 8.82. The third-order valence-corrected chi connectivity index (χ3v) is 7.46. The van der Waals surface area contributed by atoms with Gasteiger partial charge in [0.05, 0.1) is 45.4 Å². The van der Waals surface area contributed by atoms with E-state index in [1.807, 2.05) is 0 Å². The van der Waals surface area contributed by atoms with Gasteiger partial charge in [-0.3, -0.25) is 9.13 Å². The lowest BCUT2D eigenvalue weighted by atomic mass is 10.1. The molecule has 0 spiro atoms. The van der Waals surface area contributed by atoms with E-state index in [9.17, 15) is 14.2 Å². The Morgan fingerprint density at radius 1 is 0.692 bits per heavy atom. The molecular formula is C17H30O7P2. The quantitative estimate of drug-likeness (QED) is 0.473. The predicted molar refractivity (Wildman–Crippen MR) is 101 cm³/mol. The minimum atomic E-state index is -3.28. The summed E-state index contributed by atoms with van der Waals surface area (Å²) in [5, 5.41) is 9.53. The van der Waals surface area contributed by atoms with Crippen molar-refractivity contribution in [2.45, 2.75) is 46.6 Å². The minimum absolute atomic E-state index is 0.0725. The lowest BCUT2D eigenvalue weighted by molar-refractivity contribution is 0.218. The monoisotopic (exact) mass is 408 g/mol. The SMILES string of the molecule is CCOP(=O)(Cc1cc(CO)cc(CP(=O)(OCC)OCC)c1)OCC. The fourth-order valence-electron chi connectivity index (χ4n) is 2.60. The smallest absolute Gasteiger partial charge is 0.335 e. The number of benzene rings is 1. The lowest BCUT2D eigenvalue weighted by Gasteiger charge is -2.20. The molecule has 0 aliphatic rings. The van der Waals surface area contributed by atoms with E-state index in [2.05, 4.69) is 0 Å². The van der Waals surface area contributed by atoms with Crippen LogP contribution in [-0.4, -0.2) is 31.5 Å². The molecule has 0 atom stereocenters. The van der Waals surface area contributed by atoms with Crippen molar-refractivity contribution in [2.24, 2.45) is 0 Å². The van der Waals surface area contributed by atoms with Crippen molar-refractivity contribution in [2.75, 3.05) is 26.4 Å². The predicted octanol–water partition coefficient (Wildman–Crippen LogP) is 4.71. The van der Waals surface area contributed by atoms with Gasteiger partial charge in [0.15, 0.2) is 0 Å². The first-order valence-corrected chi connectivity index (χ1v) is 12.3. The third-order valence-electron chi connectivity index (χ3n) is 3.35. The molecule has 0 amide bonds. The summed E-state index contributed by atoms with van der Waals surface area (Å²) in [6.45, 7) is 7.90. The molecule has 0 unspecified atom stereocenters. The molecule has 7 nitrogen and oxygen atoms in total. The van der Waals surface area contributed by atoms with Crippen molar-refractivity contribution in [3.8, 4) is 0 Å². The van der Waals surface area contributed by atoms with Gasteiger partial charge in [0.2, 0.25) is 0 Å². The number of aliphatic hydroxyl groups excluding tert-OH is 1. The summed E-state index contributed by atoms with van der Waals surface area (Å²) in [4.78, 5) is 0. The van der Waals surface area contributed by atoms with E-state index in [1.165, 1.54) is 0 Å². The van der Waals surface area contributed by atoms with Crippen molar-refractivity contribution in [1.82, 2.24) is 0 Å². The van der Waals surface area contributed by atoms with Crippen molar-refractivity contribution >= 4 is 15.2 Å². The van der Waals surface area contributed by atoms with Gasteiger partial charge in [-0.1, -0.05) is 18.2 Å². The highest BCUT2D eigenvalue weighted by molar-refractivity contribution is 7.53. The highest BCUT2D eigenvalue weighted by Gasteiger charge is 2.27. The summed E-state index contributed by atoms with van der Waals surface area (Å²) in [6.07, 6.45) is 0.145. The number of hydrogen-bond donors (Lipinski definition) is 1. The summed E-state index contributed by atoms with van der Waals surface area (Å²) in [7, 11) is -6.56. The highest BCUT2D eigenvalue weighted by atomic mass is 31.2. The summed E-state index contributed by atoms with van der Waals surface area (Å²) in [5.41, 5.74) is 1.98. The molecule has 1 N–H and O–H groups in total. The number of rotatable bonds is 13. The van der Waals surface area contributed by atoms with Gasteiger partial charge in [-0.2, -0.15) is 0 Å². The van der Waals surface area contributed by atoms with Crippen LogP contribution in [0.3, 0.4) is 0 Å². The third kappa shape index (κ3) is 7.61. The van der Waals surface area contributed by atoms with Crippen LogP contribution in [0.2, 0.25) is 0 Å². The molecule has 0 aromatic heterocycles. The first-order chi connectivity index (χ1) is 12.3. The maximum absolute atomic E-state index is 12.8. The van der Waals surface area contributed by atoms with Crippen LogP contribution in [0.5, 0.6) is 0 Å². The molecule has 1 aromatic rings. The molecule has 26 heavy (non-hydrogen) atoms. The van der Waals surface area contributed by atoms with Crippen LogP contribution in [0.25, 0.3) is 0 Å². The summed E-state index contributed by atoms with van der Waals surface area (Å²) in [5.74, 6) is 0. The zero-order valence-corrected chi connectivity index (χ0v) is 17.8. The molecule has 150 valence electrons. The normalized spacial score (nSPS) is 12.5. The Balaban J connectivity index is 3.14. The second-order valence-electron chi connectivity index (χ2n) is 5.53. The van der Waals surface area contributed by atoms with E-state index in [1.54, 1.807) is 45.9 Å². The molecule has 0 fully saturated rings. The molecule has 1 aromatic carbocycles. The maximum atomic E-state index is 12.8. The van der Waals surface area contributed by atoms with Gasteiger partial charge in [-0.05, 0) is 44.4 Å². The molecule has 9 heteroatoms. The fraction of sp³-hybridized carbons (Fsp3) is 0.647. The Bertz CT molecular complexity index is 578. The highest BCUT2D eigenvalue weighted by Crippen LogP contribution is 2.53. The van der Waals surface area contributed by atoms with Crippen molar-refractivity contribution < 1.29 is 32.3 Å². The van der Waals surface area contributed by atoms with E-state index in [4.69, 9.17) is 18.1 Å². The van der Waals surface area contributed by atoms with Gasteiger partial charge in [0, 0.05) is 0 Å². The van der Waals surface area contributed by atoms with Crippen molar-refractivity contribution in [3.05, 3.63) is 34.9 Å². The first kappa shape index (κ1) is 23.5. The Hall–Kier alpha value is -0.520. The molecule has 0 saturated heterocycles. The number of aliphatic hydroxyl groups is 1. The molecule has 1 rings (SSSR count). The zero-order valence-electron chi connectivity index (χ0n) is 16.0. The van der Waals surface area contributed by atoms with Crippen molar-refractivity contribution in [1.29, 1.82) is 0 Å². The van der Waals surface area contributed by atoms with Crippen LogP contribution in [0.15, 0.2) is 18.2 Å². The average Bonchev–Trinajstić information content (AvgIpc) is 2.54. The minimum Gasteiger partial charge on any atom is -0.392 e. The standard InChI is InChI=1S/C17H30O7P2/c1-5-21-25(19,22-6-2)13-16-9-15(12-18)10-17(11-16)14-26(20,23-7-3)24-8-4/h9-11,18H,5-8,12-14H2,1-4H3. The van der Waals surface area contributed by atoms with E-state index < -0.39 is 15.2 Å². The van der Waals surface area contributed by atoms with Gasteiger partial charge in [0.1, 0.15) is 0 Å². The van der Waals surface area contributed by atoms with E-state index in [-0.39, 0.29) is 45.4 Å². The van der Waals surface area contributed by atoms with E-state index >= 15 is 0 Å².